The summed E-state index contributed by atoms with van der Waals surface area (Å²) >= 11 is 5.99. The first-order chi connectivity index (χ1) is 9.22. The van der Waals surface area contributed by atoms with E-state index in [4.69, 9.17) is 17.3 Å². The van der Waals surface area contributed by atoms with E-state index in [0.717, 1.165) is 28.0 Å². The molecule has 0 amide bonds. The second kappa shape index (κ2) is 5.08. The molecule has 0 fully saturated rings. The van der Waals surface area contributed by atoms with Gasteiger partial charge in [0.25, 0.3) is 0 Å². The number of fused-ring (bicyclic) bond motifs is 1. The van der Waals surface area contributed by atoms with E-state index in [-0.39, 0.29) is 6.04 Å². The van der Waals surface area contributed by atoms with E-state index in [9.17, 15) is 0 Å². The van der Waals surface area contributed by atoms with Crippen LogP contribution in [0, 0.1) is 0 Å². The number of halogens is 1. The second-order valence-electron chi connectivity index (χ2n) is 4.75. The Kier molecular flexibility index (Phi) is 3.28. The smallest absolute Gasteiger partial charge is 0.0489 e. The summed E-state index contributed by atoms with van der Waals surface area (Å²) in [4.78, 5) is 3.36. The fraction of sp³-hybridized carbons (Fsp3) is 0.125. The molecule has 2 nitrogen and oxygen atoms in total. The maximum absolute atomic E-state index is 6.26. The number of rotatable bonds is 3. The summed E-state index contributed by atoms with van der Waals surface area (Å²) in [7, 11) is 0. The largest absolute Gasteiger partial charge is 0.357 e. The first-order valence-electron chi connectivity index (χ1n) is 6.30. The quantitative estimate of drug-likeness (QED) is 0.740. The molecule has 0 spiro atoms. The molecule has 3 N–H and O–H groups in total. The van der Waals surface area contributed by atoms with Gasteiger partial charge in [0.15, 0.2) is 0 Å². The van der Waals surface area contributed by atoms with Crippen LogP contribution in [0.2, 0.25) is 5.02 Å². The van der Waals surface area contributed by atoms with Crippen LogP contribution in [-0.4, -0.2) is 4.98 Å². The van der Waals surface area contributed by atoms with Crippen LogP contribution in [0.3, 0.4) is 0 Å². The van der Waals surface area contributed by atoms with Gasteiger partial charge in [-0.05, 0) is 36.2 Å². The predicted molar refractivity (Wildman–Crippen MR) is 80.4 cm³/mol. The normalized spacial score (nSPS) is 12.7. The van der Waals surface area contributed by atoms with Gasteiger partial charge in [-0.2, -0.15) is 0 Å². The molecule has 0 radical (unpaired) electrons. The fourth-order valence-electron chi connectivity index (χ4n) is 2.30. The number of hydrogen-bond donors (Lipinski definition) is 2. The monoisotopic (exact) mass is 270 g/mol. The van der Waals surface area contributed by atoms with Gasteiger partial charge in [0, 0.05) is 27.7 Å². The average molecular weight is 271 g/mol. The highest BCUT2D eigenvalue weighted by atomic mass is 35.5. The molecule has 3 aromatic rings. The van der Waals surface area contributed by atoms with E-state index in [1.54, 1.807) is 0 Å². The number of hydrogen-bond acceptors (Lipinski definition) is 1. The van der Waals surface area contributed by atoms with Crippen molar-refractivity contribution in [2.24, 2.45) is 5.73 Å². The summed E-state index contributed by atoms with van der Waals surface area (Å²) in [5, 5.41) is 1.85. The molecule has 0 bridgehead atoms. The molecule has 0 aliphatic carbocycles. The lowest BCUT2D eigenvalue weighted by Crippen LogP contribution is -2.13. The van der Waals surface area contributed by atoms with Crippen molar-refractivity contribution in [1.29, 1.82) is 0 Å². The molecule has 0 unspecified atom stereocenters. The molecule has 0 saturated carbocycles. The Morgan fingerprint density at radius 2 is 1.84 bits per heavy atom. The zero-order valence-corrected chi connectivity index (χ0v) is 11.2. The van der Waals surface area contributed by atoms with Gasteiger partial charge in [-0.15, -0.1) is 0 Å². The van der Waals surface area contributed by atoms with E-state index in [1.807, 2.05) is 36.4 Å². The summed E-state index contributed by atoms with van der Waals surface area (Å²) in [5.41, 5.74) is 9.62. The zero-order chi connectivity index (χ0) is 13.2. The molecule has 1 heterocycles. The summed E-state index contributed by atoms with van der Waals surface area (Å²) in [6.07, 6.45) is 0.821. The van der Waals surface area contributed by atoms with Gasteiger partial charge in [0.05, 0.1) is 0 Å². The standard InChI is InChI=1S/C16H15ClN2/c17-13-6-7-15-12(9-13)10-16(19-15)14(18)8-11-4-2-1-3-5-11/h1-7,9-10,14,19H,8,18H2/t14-/m1/s1. The average Bonchev–Trinajstić information content (AvgIpc) is 2.83. The first-order valence-corrected chi connectivity index (χ1v) is 6.68. The molecule has 0 aliphatic rings. The van der Waals surface area contributed by atoms with Gasteiger partial charge >= 0.3 is 0 Å². The lowest BCUT2D eigenvalue weighted by molar-refractivity contribution is 0.704. The summed E-state index contributed by atoms with van der Waals surface area (Å²) in [6, 6.07) is 18.1. The Morgan fingerprint density at radius 1 is 1.05 bits per heavy atom. The SMILES string of the molecule is N[C@H](Cc1ccccc1)c1cc2cc(Cl)ccc2[nH]1. The summed E-state index contributed by atoms with van der Waals surface area (Å²) in [6.45, 7) is 0. The molecule has 1 aromatic heterocycles. The maximum Gasteiger partial charge on any atom is 0.0489 e. The van der Waals surface area contributed by atoms with E-state index in [0.29, 0.717) is 0 Å². The number of nitrogens with one attached hydrogen (secondary N) is 1. The van der Waals surface area contributed by atoms with Gasteiger partial charge in [0.1, 0.15) is 0 Å². The Labute approximate surface area is 117 Å². The molecule has 3 heteroatoms. The highest BCUT2D eigenvalue weighted by Gasteiger charge is 2.10. The van der Waals surface area contributed by atoms with Crippen LogP contribution in [0.15, 0.2) is 54.6 Å². The third-order valence-electron chi connectivity index (χ3n) is 3.30. The van der Waals surface area contributed by atoms with Crippen molar-refractivity contribution in [3.05, 3.63) is 70.9 Å². The number of benzene rings is 2. The van der Waals surface area contributed by atoms with Crippen LogP contribution in [0.1, 0.15) is 17.3 Å². The Balaban J connectivity index is 1.87. The lowest BCUT2D eigenvalue weighted by Gasteiger charge is -2.09. The van der Waals surface area contributed by atoms with Gasteiger partial charge < -0.3 is 10.7 Å². The van der Waals surface area contributed by atoms with Crippen molar-refractivity contribution in [2.45, 2.75) is 12.5 Å². The molecule has 0 saturated heterocycles. The van der Waals surface area contributed by atoms with Crippen molar-refractivity contribution in [3.8, 4) is 0 Å². The molecule has 2 aromatic carbocycles. The third-order valence-corrected chi connectivity index (χ3v) is 3.54. The molecular formula is C16H15ClN2. The minimum absolute atomic E-state index is 0.0337. The lowest BCUT2D eigenvalue weighted by atomic mass is 10.0. The predicted octanol–water partition coefficient (Wildman–Crippen LogP) is 4.06. The minimum Gasteiger partial charge on any atom is -0.357 e. The summed E-state index contributed by atoms with van der Waals surface area (Å²) < 4.78 is 0. The molecule has 1 atom stereocenters. The van der Waals surface area contributed by atoms with Crippen molar-refractivity contribution in [3.63, 3.8) is 0 Å². The number of H-pyrrole nitrogens is 1. The van der Waals surface area contributed by atoms with Crippen molar-refractivity contribution in [1.82, 2.24) is 4.98 Å². The van der Waals surface area contributed by atoms with Gasteiger partial charge in [-0.1, -0.05) is 41.9 Å². The number of aromatic amines is 1. The Hall–Kier alpha value is -1.77. The Bertz CT molecular complexity index is 688. The molecule has 96 valence electrons. The molecule has 19 heavy (non-hydrogen) atoms. The van der Waals surface area contributed by atoms with E-state index < -0.39 is 0 Å². The van der Waals surface area contributed by atoms with Crippen LogP contribution in [-0.2, 0) is 6.42 Å². The van der Waals surface area contributed by atoms with Crippen LogP contribution in [0.5, 0.6) is 0 Å². The van der Waals surface area contributed by atoms with E-state index in [1.165, 1.54) is 5.56 Å². The zero-order valence-electron chi connectivity index (χ0n) is 10.4. The minimum atomic E-state index is -0.0337. The number of nitrogens with two attached hydrogens (primary N) is 1. The highest BCUT2D eigenvalue weighted by Crippen LogP contribution is 2.23. The van der Waals surface area contributed by atoms with Gasteiger partial charge in [-0.3, -0.25) is 0 Å². The highest BCUT2D eigenvalue weighted by molar-refractivity contribution is 6.31. The van der Waals surface area contributed by atoms with Crippen LogP contribution >= 0.6 is 11.6 Å². The second-order valence-corrected chi connectivity index (χ2v) is 5.19. The van der Waals surface area contributed by atoms with Crippen LogP contribution < -0.4 is 5.73 Å². The van der Waals surface area contributed by atoms with Crippen molar-refractivity contribution < 1.29 is 0 Å². The molecule has 0 aliphatic heterocycles. The van der Waals surface area contributed by atoms with E-state index >= 15 is 0 Å². The van der Waals surface area contributed by atoms with Crippen LogP contribution in [0.25, 0.3) is 10.9 Å². The maximum atomic E-state index is 6.26. The topological polar surface area (TPSA) is 41.8 Å². The van der Waals surface area contributed by atoms with Crippen molar-refractivity contribution >= 4 is 22.5 Å². The van der Waals surface area contributed by atoms with Gasteiger partial charge in [0.2, 0.25) is 0 Å². The number of aromatic nitrogens is 1. The first kappa shape index (κ1) is 12.3. The van der Waals surface area contributed by atoms with E-state index in [2.05, 4.69) is 23.2 Å². The van der Waals surface area contributed by atoms with Gasteiger partial charge in [-0.25, -0.2) is 0 Å². The molecular weight excluding hydrogens is 256 g/mol. The van der Waals surface area contributed by atoms with Crippen LogP contribution in [0.4, 0.5) is 0 Å². The fourth-order valence-corrected chi connectivity index (χ4v) is 2.48. The van der Waals surface area contributed by atoms with Crippen molar-refractivity contribution in [2.75, 3.05) is 0 Å². The summed E-state index contributed by atoms with van der Waals surface area (Å²) in [5.74, 6) is 0. The Morgan fingerprint density at radius 3 is 2.63 bits per heavy atom. The third kappa shape index (κ3) is 2.65. The molecule has 3 rings (SSSR count).